The number of thioether (sulfide) groups is 1. The topological polar surface area (TPSA) is 317 Å². The minimum absolute atomic E-state index is 0.0485. The van der Waals surface area contributed by atoms with Gasteiger partial charge in [0.25, 0.3) is 0 Å². The van der Waals surface area contributed by atoms with Crippen molar-refractivity contribution in [2.75, 3.05) is 37.8 Å². The lowest BCUT2D eigenvalue weighted by Gasteiger charge is -2.30. The molecular formula is C23H37N7O14P2S. The Labute approximate surface area is 271 Å². The van der Waals surface area contributed by atoms with Gasteiger partial charge in [0.1, 0.15) is 36.3 Å². The molecule has 47 heavy (non-hydrogen) atoms. The largest absolute Gasteiger partial charge is 0.481 e. The maximum Gasteiger partial charge on any atom is 0.481 e. The van der Waals surface area contributed by atoms with Crippen molar-refractivity contribution in [1.82, 2.24) is 30.2 Å². The summed E-state index contributed by atoms with van der Waals surface area (Å²) in [5.41, 5.74) is 4.56. The molecule has 2 aromatic rings. The number of carbonyl (C=O) groups excluding carboxylic acids is 3. The molecular weight excluding hydrogens is 692 g/mol. The van der Waals surface area contributed by atoms with Crippen LogP contribution in [0.4, 0.5) is 5.82 Å². The molecule has 2 amide bonds. The number of anilines is 1. The number of ether oxygens (including phenoxy) is 1. The Balaban J connectivity index is 1.46. The van der Waals surface area contributed by atoms with Crippen LogP contribution in [-0.2, 0) is 41.6 Å². The third-order valence-electron chi connectivity index (χ3n) is 6.58. The molecule has 24 heteroatoms. The van der Waals surface area contributed by atoms with Crippen molar-refractivity contribution in [3.05, 3.63) is 12.7 Å². The number of phosphoric acid groups is 2. The monoisotopic (exact) mass is 729 g/mol. The summed E-state index contributed by atoms with van der Waals surface area (Å²) in [6.07, 6.45) is -5.54. The van der Waals surface area contributed by atoms with Gasteiger partial charge in [0.05, 0.1) is 19.5 Å². The van der Waals surface area contributed by atoms with E-state index in [1.807, 2.05) is 0 Å². The summed E-state index contributed by atoms with van der Waals surface area (Å²) in [5, 5.41) is 36.2. The van der Waals surface area contributed by atoms with E-state index >= 15 is 0 Å². The van der Waals surface area contributed by atoms with Crippen molar-refractivity contribution in [2.24, 2.45) is 5.41 Å². The number of nitrogens with zero attached hydrogens (tertiary/aromatic N) is 4. The lowest BCUT2D eigenvalue weighted by molar-refractivity contribution is -0.137. The molecule has 0 saturated carbocycles. The molecule has 3 heterocycles. The first kappa shape index (κ1) is 38.9. The highest BCUT2D eigenvalue weighted by molar-refractivity contribution is 8.13. The van der Waals surface area contributed by atoms with Gasteiger partial charge in [-0.05, 0) is 0 Å². The number of aliphatic hydroxyl groups is 3. The van der Waals surface area contributed by atoms with Gasteiger partial charge in [-0.1, -0.05) is 25.6 Å². The van der Waals surface area contributed by atoms with Gasteiger partial charge in [-0.2, -0.15) is 4.31 Å². The Morgan fingerprint density at radius 3 is 2.47 bits per heavy atom. The van der Waals surface area contributed by atoms with Crippen molar-refractivity contribution in [2.45, 2.75) is 57.8 Å². The number of phosphoric ester groups is 2. The standard InChI is InChI=1S/C23H37N7O14P2S/c1-12(31)47-7-6-25-14(32)4-5-26-21(36)18(35)23(2,3)9-42-46(39,40)44-45(37,38)41-8-13-16(33)17(34)22(43-13)30-11-29-15-19(24)27-10-28-20(15)30/h10-11,13,16-18,22,33-35H,4-9H2,1-3H3,(H,25,32)(H,26,36)(H,37,38)(H,39,40)(H2,24,27,28)/t13-,16-,17-,18+,22-/m1/s1. The number of amides is 2. The molecule has 21 nitrogen and oxygen atoms in total. The van der Waals surface area contributed by atoms with Crippen molar-refractivity contribution in [1.29, 1.82) is 0 Å². The smallest absolute Gasteiger partial charge is 0.387 e. The Hall–Kier alpha value is -2.59. The molecule has 1 fully saturated rings. The van der Waals surface area contributed by atoms with Crippen molar-refractivity contribution in [3.8, 4) is 0 Å². The molecule has 9 N–H and O–H groups in total. The van der Waals surface area contributed by atoms with Crippen LogP contribution in [0.2, 0.25) is 0 Å². The van der Waals surface area contributed by atoms with E-state index in [1.165, 1.54) is 31.7 Å². The molecule has 2 aromatic heterocycles. The molecule has 0 aliphatic carbocycles. The zero-order valence-electron chi connectivity index (χ0n) is 25.4. The Bertz CT molecular complexity index is 1530. The SMILES string of the molecule is CC(=O)SCCNC(=O)CCNC(=O)[C@H](O)C(C)(C)COP(=O)(O)OP(=O)(O)OC[C@H]1O[C@@H](n2cnc3c(N)ncnc32)[C@H](O)[C@@H]1O. The molecule has 7 atom stereocenters. The second-order valence-electron chi connectivity index (χ2n) is 10.8. The number of nitrogens with one attached hydrogen (secondary N) is 2. The Morgan fingerprint density at radius 1 is 1.11 bits per heavy atom. The fourth-order valence-corrected chi connectivity index (χ4v) is 6.79. The van der Waals surface area contributed by atoms with Gasteiger partial charge in [0, 0.05) is 37.6 Å². The minimum Gasteiger partial charge on any atom is -0.387 e. The maximum absolute atomic E-state index is 12.4. The number of aromatic nitrogens is 4. The van der Waals surface area contributed by atoms with Gasteiger partial charge in [-0.15, -0.1) is 0 Å². The predicted molar refractivity (Wildman–Crippen MR) is 162 cm³/mol. The van der Waals surface area contributed by atoms with Crippen LogP contribution in [0, 0.1) is 5.41 Å². The number of nitrogens with two attached hydrogens (primary N) is 1. The zero-order chi connectivity index (χ0) is 35.2. The first-order valence-corrected chi connectivity index (χ1v) is 17.8. The van der Waals surface area contributed by atoms with E-state index in [2.05, 4.69) is 29.9 Å². The third-order valence-corrected chi connectivity index (χ3v) is 9.97. The normalized spacial score (nSPS) is 23.1. The molecule has 264 valence electrons. The molecule has 0 radical (unpaired) electrons. The van der Waals surface area contributed by atoms with E-state index in [4.69, 9.17) is 19.5 Å². The number of rotatable bonds is 17. The first-order chi connectivity index (χ1) is 21.8. The lowest BCUT2D eigenvalue weighted by Crippen LogP contribution is -2.46. The summed E-state index contributed by atoms with van der Waals surface area (Å²) in [7, 11) is -10.7. The molecule has 0 spiro atoms. The number of nitrogen functional groups attached to an aromatic ring is 1. The van der Waals surface area contributed by atoms with E-state index in [0.29, 0.717) is 5.75 Å². The van der Waals surface area contributed by atoms with Crippen molar-refractivity contribution < 1.29 is 66.7 Å². The number of aliphatic hydroxyl groups excluding tert-OH is 3. The second-order valence-corrected chi connectivity index (χ2v) is 15.2. The van der Waals surface area contributed by atoms with Crippen molar-refractivity contribution in [3.63, 3.8) is 0 Å². The van der Waals surface area contributed by atoms with E-state index in [1.54, 1.807) is 0 Å². The number of hydrogen-bond acceptors (Lipinski definition) is 17. The van der Waals surface area contributed by atoms with Crippen LogP contribution in [0.15, 0.2) is 12.7 Å². The summed E-state index contributed by atoms with van der Waals surface area (Å²) >= 11 is 1.04. The van der Waals surface area contributed by atoms with Gasteiger partial charge >= 0.3 is 15.6 Å². The van der Waals surface area contributed by atoms with E-state index in [0.717, 1.165) is 18.1 Å². The number of hydrogen-bond donors (Lipinski definition) is 8. The van der Waals surface area contributed by atoms with Crippen LogP contribution in [0.5, 0.6) is 0 Å². The molecule has 2 unspecified atom stereocenters. The highest BCUT2D eigenvalue weighted by Gasteiger charge is 2.46. The van der Waals surface area contributed by atoms with Crippen LogP contribution < -0.4 is 16.4 Å². The van der Waals surface area contributed by atoms with Crippen molar-refractivity contribution >= 4 is 61.3 Å². The van der Waals surface area contributed by atoms with E-state index < -0.39 is 76.7 Å². The van der Waals surface area contributed by atoms with Gasteiger partial charge < -0.3 is 46.2 Å². The van der Waals surface area contributed by atoms with E-state index in [-0.39, 0.29) is 41.6 Å². The molecule has 1 aliphatic rings. The summed E-state index contributed by atoms with van der Waals surface area (Å²) in [6.45, 7) is 2.35. The minimum atomic E-state index is -5.37. The number of carbonyl (C=O) groups is 3. The van der Waals surface area contributed by atoms with Crippen LogP contribution in [0.3, 0.4) is 0 Å². The molecule has 3 rings (SSSR count). The summed E-state index contributed by atoms with van der Waals surface area (Å²) in [6, 6.07) is 0. The third kappa shape index (κ3) is 11.0. The van der Waals surface area contributed by atoms with Crippen LogP contribution in [0.25, 0.3) is 11.2 Å². The molecule has 0 bridgehead atoms. The predicted octanol–water partition coefficient (Wildman–Crippen LogP) is -1.43. The summed E-state index contributed by atoms with van der Waals surface area (Å²) in [4.78, 5) is 67.0. The van der Waals surface area contributed by atoms with Gasteiger partial charge in [0.2, 0.25) is 11.8 Å². The Kier molecular flexibility index (Phi) is 13.4. The average Bonchev–Trinajstić information content (AvgIpc) is 3.53. The summed E-state index contributed by atoms with van der Waals surface area (Å²) in [5.74, 6) is -0.902. The van der Waals surface area contributed by atoms with Gasteiger partial charge in [0.15, 0.2) is 22.8 Å². The fourth-order valence-electron chi connectivity index (χ4n) is 4.05. The average molecular weight is 730 g/mol. The van der Waals surface area contributed by atoms with Gasteiger partial charge in [-0.25, -0.2) is 24.1 Å². The Morgan fingerprint density at radius 2 is 1.79 bits per heavy atom. The highest BCUT2D eigenvalue weighted by atomic mass is 32.2. The van der Waals surface area contributed by atoms with E-state index in [9.17, 15) is 48.6 Å². The van der Waals surface area contributed by atoms with Crippen LogP contribution in [0.1, 0.15) is 33.4 Å². The number of fused-ring (bicyclic) bond motifs is 1. The molecule has 1 aliphatic heterocycles. The number of imidazole rings is 1. The first-order valence-electron chi connectivity index (χ1n) is 13.8. The highest BCUT2D eigenvalue weighted by Crippen LogP contribution is 2.61. The second kappa shape index (κ2) is 16.2. The zero-order valence-corrected chi connectivity index (χ0v) is 28.0. The van der Waals surface area contributed by atoms with Crippen LogP contribution in [-0.4, -0.2) is 118 Å². The molecule has 1 saturated heterocycles. The quantitative estimate of drug-likeness (QED) is 0.0683. The fraction of sp³-hybridized carbons (Fsp3) is 0.652. The van der Waals surface area contributed by atoms with Crippen LogP contribution >= 0.6 is 27.4 Å². The maximum atomic E-state index is 12.4. The van der Waals surface area contributed by atoms with Gasteiger partial charge in [-0.3, -0.25) is 28.0 Å². The molecule has 0 aromatic carbocycles. The summed E-state index contributed by atoms with van der Waals surface area (Å²) < 4.78 is 45.4. The lowest BCUT2D eigenvalue weighted by atomic mass is 9.87.